The van der Waals surface area contributed by atoms with Crippen LogP contribution in [0.15, 0.2) is 41.0 Å². The number of nitrogens with zero attached hydrogens (tertiary/aromatic N) is 1. The number of nitrogens with one attached hydrogen (secondary N) is 1. The molecule has 0 saturated carbocycles. The molecule has 0 radical (unpaired) electrons. The minimum absolute atomic E-state index is 0.0432. The minimum Gasteiger partial charge on any atom is -0.455 e. The van der Waals surface area contributed by atoms with E-state index < -0.39 is 17.6 Å². The molecule has 1 amide bonds. The molecule has 1 aromatic heterocycles. The molecule has 1 aromatic carbocycles. The lowest BCUT2D eigenvalue weighted by atomic mass is 10.2. The van der Waals surface area contributed by atoms with Crippen molar-refractivity contribution in [2.45, 2.75) is 25.6 Å². The van der Waals surface area contributed by atoms with Crippen LogP contribution in [0.1, 0.15) is 29.4 Å². The molecule has 0 bridgehead atoms. The van der Waals surface area contributed by atoms with E-state index in [0.29, 0.717) is 6.42 Å². The van der Waals surface area contributed by atoms with Gasteiger partial charge >= 0.3 is 6.18 Å². The van der Waals surface area contributed by atoms with Crippen molar-refractivity contribution >= 4 is 21.8 Å². The Bertz CT molecular complexity index is 767. The molecule has 1 atom stereocenters. The maximum absolute atomic E-state index is 12.6. The van der Waals surface area contributed by atoms with E-state index in [0.717, 1.165) is 12.1 Å². The van der Waals surface area contributed by atoms with Crippen molar-refractivity contribution in [2.75, 3.05) is 6.61 Å². The number of amides is 1. The zero-order chi connectivity index (χ0) is 19.3. The molecule has 2 N–H and O–H groups in total. The summed E-state index contributed by atoms with van der Waals surface area (Å²) in [7, 11) is 0. The Balaban J connectivity index is 2.09. The number of ether oxygens (including phenoxy) is 1. The van der Waals surface area contributed by atoms with Gasteiger partial charge in [-0.2, -0.15) is 13.2 Å². The first-order chi connectivity index (χ1) is 12.2. The molecule has 5 nitrogen and oxygen atoms in total. The monoisotopic (exact) mass is 432 g/mol. The molecule has 0 fully saturated rings. The first-order valence-electron chi connectivity index (χ1n) is 7.64. The summed E-state index contributed by atoms with van der Waals surface area (Å²) >= 11 is 3.18. The van der Waals surface area contributed by atoms with Gasteiger partial charge in [0.15, 0.2) is 5.75 Å². The van der Waals surface area contributed by atoms with Crippen LogP contribution in [0.25, 0.3) is 0 Å². The Morgan fingerprint density at radius 3 is 2.46 bits per heavy atom. The number of halogens is 4. The number of hydrogen-bond donors (Lipinski definition) is 2. The van der Waals surface area contributed by atoms with E-state index >= 15 is 0 Å². The normalized spacial score (nSPS) is 12.5. The average molecular weight is 433 g/mol. The zero-order valence-electron chi connectivity index (χ0n) is 13.7. The Kier molecular flexibility index (Phi) is 6.60. The molecule has 9 heteroatoms. The second kappa shape index (κ2) is 8.50. The van der Waals surface area contributed by atoms with Gasteiger partial charge in [0.25, 0.3) is 5.91 Å². The lowest BCUT2D eigenvalue weighted by Gasteiger charge is -2.13. The third-order valence-electron chi connectivity index (χ3n) is 3.40. The van der Waals surface area contributed by atoms with E-state index in [1.54, 1.807) is 6.92 Å². The smallest absolute Gasteiger partial charge is 0.416 e. The topological polar surface area (TPSA) is 71.5 Å². The maximum Gasteiger partial charge on any atom is 0.416 e. The Hall–Kier alpha value is -2.13. The maximum atomic E-state index is 12.6. The summed E-state index contributed by atoms with van der Waals surface area (Å²) in [5.74, 6) is 0.0479. The first kappa shape index (κ1) is 20.2. The van der Waals surface area contributed by atoms with Crippen molar-refractivity contribution in [2.24, 2.45) is 0 Å². The third kappa shape index (κ3) is 5.43. The number of benzene rings is 1. The fourth-order valence-electron chi connectivity index (χ4n) is 2.03. The molecule has 0 saturated heterocycles. The van der Waals surface area contributed by atoms with Crippen LogP contribution >= 0.6 is 15.9 Å². The van der Waals surface area contributed by atoms with Gasteiger partial charge in [0.2, 0.25) is 0 Å². The summed E-state index contributed by atoms with van der Waals surface area (Å²) < 4.78 is 43.4. The molecular formula is C17H16BrF3N2O3. The van der Waals surface area contributed by atoms with Gasteiger partial charge in [-0.3, -0.25) is 4.79 Å². The first-order valence-corrected chi connectivity index (χ1v) is 8.43. The number of aliphatic hydroxyl groups excluding tert-OH is 1. The summed E-state index contributed by atoms with van der Waals surface area (Å²) in [6, 6.07) is 6.95. The number of aromatic nitrogens is 1. The van der Waals surface area contributed by atoms with E-state index in [2.05, 4.69) is 26.2 Å². The highest BCUT2D eigenvalue weighted by atomic mass is 79.9. The van der Waals surface area contributed by atoms with Crippen molar-refractivity contribution in [3.8, 4) is 11.5 Å². The van der Waals surface area contributed by atoms with Gasteiger partial charge in [-0.25, -0.2) is 4.98 Å². The van der Waals surface area contributed by atoms with Crippen molar-refractivity contribution in [3.05, 3.63) is 52.3 Å². The second-order valence-corrected chi connectivity index (χ2v) is 6.25. The molecule has 1 heterocycles. The SMILES string of the molecule is C[C@H](CCO)NC(=O)c1ccc(Oc2ccc(C(F)(F)F)cc2)c(Br)n1. The van der Waals surface area contributed by atoms with Crippen LogP contribution in [0.2, 0.25) is 0 Å². The van der Waals surface area contributed by atoms with Crippen LogP contribution in [0, 0.1) is 0 Å². The van der Waals surface area contributed by atoms with Gasteiger partial charge in [-0.1, -0.05) is 0 Å². The zero-order valence-corrected chi connectivity index (χ0v) is 15.3. The number of aliphatic hydroxyl groups is 1. The van der Waals surface area contributed by atoms with E-state index in [1.807, 2.05) is 0 Å². The van der Waals surface area contributed by atoms with E-state index in [4.69, 9.17) is 9.84 Å². The van der Waals surface area contributed by atoms with Gasteiger partial charge in [0, 0.05) is 12.6 Å². The number of carbonyl (C=O) groups excluding carboxylic acids is 1. The summed E-state index contributed by atoms with van der Waals surface area (Å²) in [6.45, 7) is 1.71. The highest BCUT2D eigenvalue weighted by Gasteiger charge is 2.30. The van der Waals surface area contributed by atoms with Crippen LogP contribution in [-0.2, 0) is 6.18 Å². The van der Waals surface area contributed by atoms with Gasteiger partial charge in [0.05, 0.1) is 5.56 Å². The summed E-state index contributed by atoms with van der Waals surface area (Å²) in [5, 5.41) is 11.5. The highest BCUT2D eigenvalue weighted by molar-refractivity contribution is 9.10. The number of alkyl halides is 3. The predicted molar refractivity (Wildman–Crippen MR) is 92.1 cm³/mol. The molecule has 2 rings (SSSR count). The molecule has 0 aliphatic carbocycles. The number of hydrogen-bond acceptors (Lipinski definition) is 4. The minimum atomic E-state index is -4.41. The Morgan fingerprint density at radius 1 is 1.27 bits per heavy atom. The van der Waals surface area contributed by atoms with Crippen molar-refractivity contribution in [1.82, 2.24) is 10.3 Å². The Labute approximate surface area is 156 Å². The molecule has 140 valence electrons. The number of pyridine rings is 1. The molecule has 0 aliphatic rings. The lowest BCUT2D eigenvalue weighted by molar-refractivity contribution is -0.137. The van der Waals surface area contributed by atoms with Crippen LogP contribution in [0.5, 0.6) is 11.5 Å². The van der Waals surface area contributed by atoms with Gasteiger partial charge in [-0.05, 0) is 65.7 Å². The fraction of sp³-hybridized carbons (Fsp3) is 0.294. The summed E-state index contributed by atoms with van der Waals surface area (Å²) in [5.41, 5.74) is -0.632. The molecule has 26 heavy (non-hydrogen) atoms. The molecular weight excluding hydrogens is 417 g/mol. The predicted octanol–water partition coefficient (Wildman–Crippen LogP) is 4.16. The van der Waals surface area contributed by atoms with Crippen LogP contribution < -0.4 is 10.1 Å². The van der Waals surface area contributed by atoms with Crippen LogP contribution in [0.4, 0.5) is 13.2 Å². The molecule has 0 unspecified atom stereocenters. The van der Waals surface area contributed by atoms with Crippen molar-refractivity contribution in [3.63, 3.8) is 0 Å². The fourth-order valence-corrected chi connectivity index (χ4v) is 2.43. The van der Waals surface area contributed by atoms with Gasteiger partial charge < -0.3 is 15.2 Å². The number of carbonyl (C=O) groups is 1. The summed E-state index contributed by atoms with van der Waals surface area (Å²) in [4.78, 5) is 16.1. The largest absolute Gasteiger partial charge is 0.455 e. The van der Waals surface area contributed by atoms with E-state index in [-0.39, 0.29) is 34.4 Å². The molecule has 0 spiro atoms. The van der Waals surface area contributed by atoms with Crippen LogP contribution in [-0.4, -0.2) is 28.6 Å². The highest BCUT2D eigenvalue weighted by Crippen LogP contribution is 2.32. The lowest BCUT2D eigenvalue weighted by Crippen LogP contribution is -2.33. The third-order valence-corrected chi connectivity index (χ3v) is 3.96. The standard InChI is InChI=1S/C17H16BrF3N2O3/c1-10(8-9-24)22-16(25)13-6-7-14(15(18)23-13)26-12-4-2-11(3-5-12)17(19,20)21/h2-7,10,24H,8-9H2,1H3,(H,22,25)/t10-/m1/s1. The van der Waals surface area contributed by atoms with E-state index in [1.165, 1.54) is 24.3 Å². The van der Waals surface area contributed by atoms with Gasteiger partial charge in [0.1, 0.15) is 16.0 Å². The Morgan fingerprint density at radius 2 is 1.92 bits per heavy atom. The second-order valence-electron chi connectivity index (χ2n) is 5.50. The molecule has 0 aliphatic heterocycles. The molecule has 2 aromatic rings. The average Bonchev–Trinajstić information content (AvgIpc) is 2.56. The van der Waals surface area contributed by atoms with Crippen LogP contribution in [0.3, 0.4) is 0 Å². The quantitative estimate of drug-likeness (QED) is 0.672. The van der Waals surface area contributed by atoms with E-state index in [9.17, 15) is 18.0 Å². The van der Waals surface area contributed by atoms with Crippen molar-refractivity contribution < 1.29 is 27.8 Å². The van der Waals surface area contributed by atoms with Crippen molar-refractivity contribution in [1.29, 1.82) is 0 Å². The van der Waals surface area contributed by atoms with Gasteiger partial charge in [-0.15, -0.1) is 0 Å². The summed E-state index contributed by atoms with van der Waals surface area (Å²) in [6.07, 6.45) is -4.00. The number of rotatable bonds is 6.